The van der Waals surface area contributed by atoms with E-state index in [4.69, 9.17) is 0 Å². The predicted molar refractivity (Wildman–Crippen MR) is 118 cm³/mol. The van der Waals surface area contributed by atoms with Gasteiger partial charge in [0.05, 0.1) is 0 Å². The highest BCUT2D eigenvalue weighted by molar-refractivity contribution is 5.79. The normalized spacial score (nSPS) is 24.1. The van der Waals surface area contributed by atoms with Gasteiger partial charge in [0, 0.05) is 44.6 Å². The van der Waals surface area contributed by atoms with E-state index in [-0.39, 0.29) is 11.3 Å². The molecule has 3 aliphatic rings. The first-order chi connectivity index (χ1) is 13.7. The third-order valence-corrected chi connectivity index (χ3v) is 7.11. The van der Waals surface area contributed by atoms with E-state index in [2.05, 4.69) is 42.4 Å². The van der Waals surface area contributed by atoms with Crippen molar-refractivity contribution in [2.75, 3.05) is 39.3 Å². The van der Waals surface area contributed by atoms with Crippen molar-refractivity contribution in [2.24, 2.45) is 17.3 Å². The lowest BCUT2D eigenvalue weighted by Gasteiger charge is -2.42. The topological polar surface area (TPSA) is 43.9 Å². The van der Waals surface area contributed by atoms with Gasteiger partial charge in [-0.05, 0) is 69.4 Å². The molecule has 0 saturated carbocycles. The van der Waals surface area contributed by atoms with E-state index in [0.29, 0.717) is 30.2 Å². The lowest BCUT2D eigenvalue weighted by Crippen LogP contribution is -2.50. The molecule has 0 aromatic carbocycles. The summed E-state index contributed by atoms with van der Waals surface area (Å²) in [5.74, 6) is 1.45. The summed E-state index contributed by atoms with van der Waals surface area (Å²) in [7, 11) is 0. The van der Waals surface area contributed by atoms with E-state index >= 15 is 0 Å². The molecule has 3 heterocycles. The molecule has 0 radical (unpaired) electrons. The third kappa shape index (κ3) is 6.44. The number of rotatable bonds is 5. The Hall–Kier alpha value is -1.10. The Labute approximate surface area is 178 Å². The summed E-state index contributed by atoms with van der Waals surface area (Å²) in [4.78, 5) is 32.1. The minimum Gasteiger partial charge on any atom is -0.343 e. The van der Waals surface area contributed by atoms with Crippen molar-refractivity contribution >= 4 is 11.8 Å². The number of amides is 2. The van der Waals surface area contributed by atoms with Crippen molar-refractivity contribution in [2.45, 2.75) is 85.1 Å². The second-order valence-corrected chi connectivity index (χ2v) is 11.0. The quantitative estimate of drug-likeness (QED) is 0.699. The monoisotopic (exact) mass is 405 g/mol. The molecule has 0 aliphatic carbocycles. The Morgan fingerprint density at radius 1 is 0.862 bits per heavy atom. The molecule has 0 aromatic heterocycles. The molecule has 0 spiro atoms. The molecule has 0 bridgehead atoms. The van der Waals surface area contributed by atoms with Gasteiger partial charge in [-0.1, -0.05) is 27.7 Å². The van der Waals surface area contributed by atoms with Crippen molar-refractivity contribution < 1.29 is 9.59 Å². The molecule has 3 aliphatic heterocycles. The number of piperidine rings is 2. The molecule has 166 valence electrons. The number of carbonyl (C=O) groups is 2. The van der Waals surface area contributed by atoms with E-state index < -0.39 is 0 Å². The van der Waals surface area contributed by atoms with Crippen LogP contribution in [-0.4, -0.2) is 71.8 Å². The van der Waals surface area contributed by atoms with Gasteiger partial charge in [0.2, 0.25) is 11.8 Å². The fourth-order valence-corrected chi connectivity index (χ4v) is 5.73. The van der Waals surface area contributed by atoms with Gasteiger partial charge < -0.3 is 14.7 Å². The fourth-order valence-electron chi connectivity index (χ4n) is 5.73. The van der Waals surface area contributed by atoms with Gasteiger partial charge in [0.15, 0.2) is 0 Å². The Kier molecular flexibility index (Phi) is 7.63. The van der Waals surface area contributed by atoms with Gasteiger partial charge in [0.1, 0.15) is 0 Å². The third-order valence-electron chi connectivity index (χ3n) is 7.11. The summed E-state index contributed by atoms with van der Waals surface area (Å²) in [6.45, 7) is 14.8. The molecule has 5 heteroatoms. The van der Waals surface area contributed by atoms with E-state index in [9.17, 15) is 9.59 Å². The van der Waals surface area contributed by atoms with Gasteiger partial charge in [0.25, 0.3) is 0 Å². The van der Waals surface area contributed by atoms with Crippen LogP contribution in [0, 0.1) is 17.3 Å². The average Bonchev–Trinajstić information content (AvgIpc) is 3.21. The molecule has 3 saturated heterocycles. The van der Waals surface area contributed by atoms with Crippen molar-refractivity contribution in [1.29, 1.82) is 0 Å². The van der Waals surface area contributed by atoms with Crippen LogP contribution in [0.25, 0.3) is 0 Å². The summed E-state index contributed by atoms with van der Waals surface area (Å²) in [5, 5.41) is 0. The lowest BCUT2D eigenvalue weighted by molar-refractivity contribution is -0.137. The summed E-state index contributed by atoms with van der Waals surface area (Å²) in [6.07, 6.45) is 8.34. The molecule has 0 N–H and O–H groups in total. The zero-order valence-electron chi connectivity index (χ0n) is 19.3. The summed E-state index contributed by atoms with van der Waals surface area (Å²) < 4.78 is 0. The summed E-state index contributed by atoms with van der Waals surface area (Å²) in [5.41, 5.74) is 0.287. The number of likely N-dealkylation sites (tertiary alicyclic amines) is 3. The molecule has 3 fully saturated rings. The molecule has 0 aromatic rings. The molecule has 2 amide bonds. The second-order valence-electron chi connectivity index (χ2n) is 11.0. The van der Waals surface area contributed by atoms with Crippen molar-refractivity contribution in [1.82, 2.24) is 14.7 Å². The zero-order valence-corrected chi connectivity index (χ0v) is 19.3. The Balaban J connectivity index is 1.37. The second kappa shape index (κ2) is 9.80. The highest BCUT2D eigenvalue weighted by Gasteiger charge is 2.34. The van der Waals surface area contributed by atoms with Gasteiger partial charge in [-0.25, -0.2) is 0 Å². The molecule has 3 rings (SSSR count). The minimum atomic E-state index is 0.246. The summed E-state index contributed by atoms with van der Waals surface area (Å²) >= 11 is 0. The van der Waals surface area contributed by atoms with Crippen LogP contribution in [0.3, 0.4) is 0 Å². The fraction of sp³-hybridized carbons (Fsp3) is 0.917. The van der Waals surface area contributed by atoms with Gasteiger partial charge in [-0.2, -0.15) is 0 Å². The largest absolute Gasteiger partial charge is 0.343 e. The molecule has 5 nitrogen and oxygen atoms in total. The predicted octanol–water partition coefficient (Wildman–Crippen LogP) is 3.77. The van der Waals surface area contributed by atoms with Crippen LogP contribution in [0.4, 0.5) is 0 Å². The lowest BCUT2D eigenvalue weighted by atomic mass is 9.84. The van der Waals surface area contributed by atoms with Crippen molar-refractivity contribution in [3.8, 4) is 0 Å². The smallest absolute Gasteiger partial charge is 0.225 e. The van der Waals surface area contributed by atoms with E-state index in [1.54, 1.807) is 0 Å². The maximum atomic E-state index is 12.7. The standard InChI is InChI=1S/C24H43N3O2/c1-19(18-24(2,3)4)17-22(28)26-15-9-21(10-16-26)25-13-7-20(8-14-25)23(29)27-11-5-6-12-27/h19-21H,5-18H2,1-4H3. The molecular weight excluding hydrogens is 362 g/mol. The molecule has 29 heavy (non-hydrogen) atoms. The maximum Gasteiger partial charge on any atom is 0.225 e. The summed E-state index contributed by atoms with van der Waals surface area (Å²) in [6, 6.07) is 0.592. The molecule has 1 unspecified atom stereocenters. The Morgan fingerprint density at radius 2 is 1.45 bits per heavy atom. The molecule has 1 atom stereocenters. The Morgan fingerprint density at radius 3 is 2.00 bits per heavy atom. The first-order valence-electron chi connectivity index (χ1n) is 12.0. The van der Waals surface area contributed by atoms with Gasteiger partial charge >= 0.3 is 0 Å². The molecular formula is C24H43N3O2. The first-order valence-corrected chi connectivity index (χ1v) is 12.0. The van der Waals surface area contributed by atoms with Crippen molar-refractivity contribution in [3.05, 3.63) is 0 Å². The maximum absolute atomic E-state index is 12.7. The number of hydrogen-bond acceptors (Lipinski definition) is 3. The minimum absolute atomic E-state index is 0.246. The number of nitrogens with zero attached hydrogens (tertiary/aromatic N) is 3. The van der Waals surface area contributed by atoms with Crippen LogP contribution < -0.4 is 0 Å². The highest BCUT2D eigenvalue weighted by Crippen LogP contribution is 2.28. The van der Waals surface area contributed by atoms with Crippen LogP contribution in [0.1, 0.15) is 79.1 Å². The van der Waals surface area contributed by atoms with E-state index in [1.165, 1.54) is 12.8 Å². The van der Waals surface area contributed by atoms with Crippen molar-refractivity contribution in [3.63, 3.8) is 0 Å². The van der Waals surface area contributed by atoms with Gasteiger partial charge in [-0.3, -0.25) is 9.59 Å². The van der Waals surface area contributed by atoms with Crippen LogP contribution in [0.2, 0.25) is 0 Å². The van der Waals surface area contributed by atoms with Crippen LogP contribution in [-0.2, 0) is 9.59 Å². The van der Waals surface area contributed by atoms with E-state index in [0.717, 1.165) is 71.4 Å². The Bertz CT molecular complexity index is 549. The van der Waals surface area contributed by atoms with Crippen LogP contribution in [0.15, 0.2) is 0 Å². The van der Waals surface area contributed by atoms with Crippen LogP contribution >= 0.6 is 0 Å². The first kappa shape index (κ1) is 22.6. The van der Waals surface area contributed by atoms with E-state index in [1.807, 2.05) is 0 Å². The zero-order chi connectivity index (χ0) is 21.0. The highest BCUT2D eigenvalue weighted by atomic mass is 16.2. The van der Waals surface area contributed by atoms with Crippen LogP contribution in [0.5, 0.6) is 0 Å². The number of hydrogen-bond donors (Lipinski definition) is 0. The van der Waals surface area contributed by atoms with Gasteiger partial charge in [-0.15, -0.1) is 0 Å². The average molecular weight is 406 g/mol. The number of carbonyl (C=O) groups excluding carboxylic acids is 2. The SMILES string of the molecule is CC(CC(=O)N1CCC(N2CCC(C(=O)N3CCCC3)CC2)CC1)CC(C)(C)C.